The number of Topliss-reactive ketones (excluding diaryl/α,β-unsaturated/α-hetero) is 2. The quantitative estimate of drug-likeness (QED) is 0.460. The van der Waals surface area contributed by atoms with Crippen molar-refractivity contribution in [2.24, 2.45) is 11.8 Å². The van der Waals surface area contributed by atoms with Crippen LogP contribution in [0.25, 0.3) is 0 Å². The normalized spacial score (nSPS) is 18.2. The van der Waals surface area contributed by atoms with Gasteiger partial charge in [0.15, 0.2) is 5.78 Å². The van der Waals surface area contributed by atoms with E-state index >= 15 is 0 Å². The van der Waals surface area contributed by atoms with E-state index in [0.717, 1.165) is 12.0 Å². The second-order valence-electron chi connectivity index (χ2n) is 5.57. The molecule has 0 amide bonds. The van der Waals surface area contributed by atoms with E-state index in [4.69, 9.17) is 4.74 Å². The first-order valence-electron chi connectivity index (χ1n) is 7.44. The summed E-state index contributed by atoms with van der Waals surface area (Å²) >= 11 is 0. The van der Waals surface area contributed by atoms with Crippen LogP contribution in [-0.2, 0) is 20.7 Å². The Bertz CT molecular complexity index is 603. The number of benzene rings is 1. The summed E-state index contributed by atoms with van der Waals surface area (Å²) in [6.07, 6.45) is 3.13. The van der Waals surface area contributed by atoms with Crippen molar-refractivity contribution in [2.75, 3.05) is 6.61 Å². The second-order valence-corrected chi connectivity index (χ2v) is 5.57. The smallest absolute Gasteiger partial charge is 0.316 e. The third kappa shape index (κ3) is 3.50. The molecule has 0 saturated carbocycles. The molecule has 2 atom stereocenters. The topological polar surface area (TPSA) is 60.4 Å². The van der Waals surface area contributed by atoms with Crippen molar-refractivity contribution in [1.29, 1.82) is 0 Å². The molecule has 22 heavy (non-hydrogen) atoms. The van der Waals surface area contributed by atoms with E-state index in [9.17, 15) is 14.4 Å². The predicted molar refractivity (Wildman–Crippen MR) is 82.5 cm³/mol. The summed E-state index contributed by atoms with van der Waals surface area (Å²) in [5.41, 5.74) is 1.75. The molecule has 1 aliphatic carbocycles. The van der Waals surface area contributed by atoms with E-state index in [1.807, 2.05) is 24.3 Å². The number of ether oxygens (including phenoxy) is 1. The van der Waals surface area contributed by atoms with Gasteiger partial charge in [-0.3, -0.25) is 14.4 Å². The maximum Gasteiger partial charge on any atom is 0.316 e. The highest BCUT2D eigenvalue weighted by molar-refractivity contribution is 6.02. The Morgan fingerprint density at radius 1 is 1.41 bits per heavy atom. The molecule has 2 rings (SSSR count). The number of esters is 1. The molecule has 4 nitrogen and oxygen atoms in total. The molecule has 0 saturated heterocycles. The highest BCUT2D eigenvalue weighted by Gasteiger charge is 2.34. The van der Waals surface area contributed by atoms with Crippen LogP contribution in [0.4, 0.5) is 0 Å². The molecule has 2 unspecified atom stereocenters. The van der Waals surface area contributed by atoms with Crippen molar-refractivity contribution < 1.29 is 19.1 Å². The summed E-state index contributed by atoms with van der Waals surface area (Å²) in [4.78, 5) is 36.2. The highest BCUT2D eigenvalue weighted by Crippen LogP contribution is 2.30. The first-order valence-corrected chi connectivity index (χ1v) is 7.44. The zero-order chi connectivity index (χ0) is 16.1. The van der Waals surface area contributed by atoms with Gasteiger partial charge in [-0.05, 0) is 31.7 Å². The Kier molecular flexibility index (Phi) is 5.26. The number of rotatable bonds is 6. The average molecular weight is 300 g/mol. The van der Waals surface area contributed by atoms with Crippen molar-refractivity contribution in [1.82, 2.24) is 0 Å². The first-order chi connectivity index (χ1) is 10.5. The van der Waals surface area contributed by atoms with Crippen LogP contribution < -0.4 is 0 Å². The fourth-order valence-corrected chi connectivity index (χ4v) is 2.84. The molecular weight excluding hydrogens is 280 g/mol. The van der Waals surface area contributed by atoms with Gasteiger partial charge in [0.25, 0.3) is 0 Å². The molecule has 0 aromatic heterocycles. The van der Waals surface area contributed by atoms with Gasteiger partial charge in [0, 0.05) is 11.5 Å². The number of carbonyl (C=O) groups is 3. The lowest BCUT2D eigenvalue weighted by Gasteiger charge is -2.25. The Morgan fingerprint density at radius 3 is 2.82 bits per heavy atom. The van der Waals surface area contributed by atoms with Gasteiger partial charge in [-0.25, -0.2) is 0 Å². The lowest BCUT2D eigenvalue weighted by atomic mass is 9.78. The summed E-state index contributed by atoms with van der Waals surface area (Å²) in [7, 11) is 0. The van der Waals surface area contributed by atoms with Crippen molar-refractivity contribution in [3.63, 3.8) is 0 Å². The standard InChI is InChI=1S/C18H20O4/c1-3-10-22-18(21)16(12(2)19)11-14-9-8-13-6-4-5-7-15(13)17(14)20/h3-7,14,16H,1,8-11H2,2H3. The predicted octanol–water partition coefficient (Wildman–Crippen LogP) is 2.76. The lowest BCUT2D eigenvalue weighted by molar-refractivity contribution is -0.151. The summed E-state index contributed by atoms with van der Waals surface area (Å²) in [5, 5.41) is 0. The van der Waals surface area contributed by atoms with Gasteiger partial charge in [0.05, 0.1) is 0 Å². The molecule has 116 valence electrons. The number of aryl methyl sites for hydroxylation is 1. The molecule has 0 N–H and O–H groups in total. The van der Waals surface area contributed by atoms with E-state index in [1.54, 1.807) is 0 Å². The molecule has 0 fully saturated rings. The summed E-state index contributed by atoms with van der Waals surface area (Å²) in [5.74, 6) is -2.00. The summed E-state index contributed by atoms with van der Waals surface area (Å²) in [6, 6.07) is 7.50. The molecule has 0 spiro atoms. The van der Waals surface area contributed by atoms with E-state index in [-0.39, 0.29) is 30.5 Å². The molecule has 1 aromatic rings. The average Bonchev–Trinajstić information content (AvgIpc) is 2.52. The van der Waals surface area contributed by atoms with Gasteiger partial charge >= 0.3 is 5.97 Å². The number of ketones is 2. The van der Waals surface area contributed by atoms with Crippen LogP contribution in [0.2, 0.25) is 0 Å². The molecular formula is C18H20O4. The molecule has 0 bridgehead atoms. The Morgan fingerprint density at radius 2 is 2.14 bits per heavy atom. The second kappa shape index (κ2) is 7.16. The van der Waals surface area contributed by atoms with E-state index in [1.165, 1.54) is 13.0 Å². The molecule has 1 aromatic carbocycles. The van der Waals surface area contributed by atoms with E-state index in [2.05, 4.69) is 6.58 Å². The minimum absolute atomic E-state index is 0.0182. The van der Waals surface area contributed by atoms with Gasteiger partial charge in [-0.2, -0.15) is 0 Å². The van der Waals surface area contributed by atoms with Crippen molar-refractivity contribution in [2.45, 2.75) is 26.2 Å². The highest BCUT2D eigenvalue weighted by atomic mass is 16.5. The van der Waals surface area contributed by atoms with Gasteiger partial charge in [-0.1, -0.05) is 36.9 Å². The first kappa shape index (κ1) is 16.1. The van der Waals surface area contributed by atoms with Gasteiger partial charge < -0.3 is 4.74 Å². The zero-order valence-corrected chi connectivity index (χ0v) is 12.7. The van der Waals surface area contributed by atoms with E-state index in [0.29, 0.717) is 12.0 Å². The number of carbonyl (C=O) groups excluding carboxylic acids is 3. The zero-order valence-electron chi connectivity index (χ0n) is 12.7. The third-order valence-electron chi connectivity index (χ3n) is 4.05. The molecule has 0 radical (unpaired) electrons. The molecule has 0 heterocycles. The van der Waals surface area contributed by atoms with Crippen molar-refractivity contribution in [3.05, 3.63) is 48.0 Å². The third-order valence-corrected chi connectivity index (χ3v) is 4.05. The van der Waals surface area contributed by atoms with Crippen molar-refractivity contribution >= 4 is 17.5 Å². The van der Waals surface area contributed by atoms with Crippen LogP contribution in [0, 0.1) is 11.8 Å². The van der Waals surface area contributed by atoms with Gasteiger partial charge in [-0.15, -0.1) is 0 Å². The maximum atomic E-state index is 12.5. The van der Waals surface area contributed by atoms with Crippen LogP contribution in [0.3, 0.4) is 0 Å². The number of hydrogen-bond donors (Lipinski definition) is 0. The Balaban J connectivity index is 2.11. The van der Waals surface area contributed by atoms with Gasteiger partial charge in [0.2, 0.25) is 0 Å². The van der Waals surface area contributed by atoms with Crippen LogP contribution >= 0.6 is 0 Å². The van der Waals surface area contributed by atoms with Crippen molar-refractivity contribution in [3.8, 4) is 0 Å². The SMILES string of the molecule is C=CCOC(=O)C(CC1CCc2ccccc2C1=O)C(C)=O. The van der Waals surface area contributed by atoms with E-state index < -0.39 is 11.9 Å². The lowest BCUT2D eigenvalue weighted by Crippen LogP contribution is -2.31. The Hall–Kier alpha value is -2.23. The Labute approximate surface area is 130 Å². The van der Waals surface area contributed by atoms with Crippen LogP contribution in [0.5, 0.6) is 0 Å². The summed E-state index contributed by atoms with van der Waals surface area (Å²) in [6.45, 7) is 4.91. The molecule has 0 aliphatic heterocycles. The summed E-state index contributed by atoms with van der Waals surface area (Å²) < 4.78 is 4.97. The van der Waals surface area contributed by atoms with Gasteiger partial charge in [0.1, 0.15) is 18.3 Å². The van der Waals surface area contributed by atoms with Crippen LogP contribution in [0.1, 0.15) is 35.7 Å². The fraction of sp³-hybridized carbons (Fsp3) is 0.389. The largest absolute Gasteiger partial charge is 0.461 e. The molecule has 1 aliphatic rings. The number of hydrogen-bond acceptors (Lipinski definition) is 4. The van der Waals surface area contributed by atoms with Crippen LogP contribution in [-0.4, -0.2) is 24.1 Å². The molecule has 4 heteroatoms. The number of fused-ring (bicyclic) bond motifs is 1. The monoisotopic (exact) mass is 300 g/mol. The minimum atomic E-state index is -0.876. The fourth-order valence-electron chi connectivity index (χ4n) is 2.84. The van der Waals surface area contributed by atoms with Crippen LogP contribution in [0.15, 0.2) is 36.9 Å². The maximum absolute atomic E-state index is 12.5. The minimum Gasteiger partial charge on any atom is -0.461 e.